The van der Waals surface area contributed by atoms with Gasteiger partial charge >= 0.3 is 0 Å². The number of carbonyl (C=O) groups excluding carboxylic acids is 1. The zero-order valence-corrected chi connectivity index (χ0v) is 13.7. The van der Waals surface area contributed by atoms with E-state index in [-0.39, 0.29) is 11.5 Å². The number of aromatic nitrogens is 4. The van der Waals surface area contributed by atoms with Crippen molar-refractivity contribution in [3.8, 4) is 5.95 Å². The van der Waals surface area contributed by atoms with Crippen molar-refractivity contribution in [1.82, 2.24) is 24.6 Å². The SMILES string of the molecule is Cc1c(C(=O)N2CCOCC2)cnn1-c1nc2ccccc2c(=O)[nH]1. The van der Waals surface area contributed by atoms with Gasteiger partial charge in [-0.15, -0.1) is 0 Å². The van der Waals surface area contributed by atoms with Gasteiger partial charge in [-0.2, -0.15) is 5.10 Å². The average Bonchev–Trinajstić information content (AvgIpc) is 3.03. The highest BCUT2D eigenvalue weighted by Gasteiger charge is 2.23. The number of nitrogens with one attached hydrogen (secondary N) is 1. The first-order valence-electron chi connectivity index (χ1n) is 8.06. The van der Waals surface area contributed by atoms with E-state index in [1.165, 1.54) is 10.9 Å². The number of para-hydroxylation sites is 1. The van der Waals surface area contributed by atoms with Crippen LogP contribution in [0.2, 0.25) is 0 Å². The molecule has 3 heterocycles. The molecule has 4 rings (SSSR count). The van der Waals surface area contributed by atoms with Crippen LogP contribution in [0.15, 0.2) is 35.3 Å². The summed E-state index contributed by atoms with van der Waals surface area (Å²) in [5, 5.41) is 4.77. The summed E-state index contributed by atoms with van der Waals surface area (Å²) < 4.78 is 6.77. The number of hydrogen-bond acceptors (Lipinski definition) is 5. The van der Waals surface area contributed by atoms with Crippen LogP contribution in [0.25, 0.3) is 16.9 Å². The van der Waals surface area contributed by atoms with Gasteiger partial charge in [0.25, 0.3) is 11.5 Å². The normalized spacial score (nSPS) is 14.8. The van der Waals surface area contributed by atoms with Gasteiger partial charge in [-0.1, -0.05) is 12.1 Å². The minimum Gasteiger partial charge on any atom is -0.378 e. The van der Waals surface area contributed by atoms with Crippen LogP contribution in [-0.4, -0.2) is 56.9 Å². The van der Waals surface area contributed by atoms with Gasteiger partial charge in [0, 0.05) is 13.1 Å². The number of H-pyrrole nitrogens is 1. The highest BCUT2D eigenvalue weighted by atomic mass is 16.5. The number of benzene rings is 1. The fourth-order valence-corrected chi connectivity index (χ4v) is 2.94. The molecule has 1 saturated heterocycles. The molecule has 1 fully saturated rings. The Labute approximate surface area is 143 Å². The van der Waals surface area contributed by atoms with E-state index in [0.29, 0.717) is 54.4 Å². The Balaban J connectivity index is 1.74. The second-order valence-corrected chi connectivity index (χ2v) is 5.87. The molecule has 0 saturated carbocycles. The van der Waals surface area contributed by atoms with Crippen LogP contribution < -0.4 is 5.56 Å². The summed E-state index contributed by atoms with van der Waals surface area (Å²) in [7, 11) is 0. The highest BCUT2D eigenvalue weighted by molar-refractivity contribution is 5.95. The number of fused-ring (bicyclic) bond motifs is 1. The Bertz CT molecular complexity index is 1000. The molecule has 1 aromatic carbocycles. The zero-order chi connectivity index (χ0) is 17.4. The second kappa shape index (κ2) is 6.14. The second-order valence-electron chi connectivity index (χ2n) is 5.87. The van der Waals surface area contributed by atoms with Gasteiger partial charge in [-0.3, -0.25) is 14.6 Å². The first-order chi connectivity index (χ1) is 12.1. The smallest absolute Gasteiger partial charge is 0.260 e. The number of rotatable bonds is 2. The third-order valence-electron chi connectivity index (χ3n) is 4.34. The van der Waals surface area contributed by atoms with Crippen molar-refractivity contribution in [2.75, 3.05) is 26.3 Å². The van der Waals surface area contributed by atoms with Crippen LogP contribution in [0.1, 0.15) is 16.1 Å². The predicted octanol–water partition coefficient (Wildman–Crippen LogP) is 0.890. The molecule has 128 valence electrons. The third kappa shape index (κ3) is 2.70. The van der Waals surface area contributed by atoms with Gasteiger partial charge in [-0.25, -0.2) is 9.67 Å². The Hall–Kier alpha value is -3.00. The van der Waals surface area contributed by atoms with Crippen LogP contribution >= 0.6 is 0 Å². The third-order valence-corrected chi connectivity index (χ3v) is 4.34. The number of hydrogen-bond donors (Lipinski definition) is 1. The monoisotopic (exact) mass is 339 g/mol. The highest BCUT2D eigenvalue weighted by Crippen LogP contribution is 2.15. The van der Waals surface area contributed by atoms with Crippen LogP contribution in [0.4, 0.5) is 0 Å². The molecule has 1 aliphatic rings. The number of carbonyl (C=O) groups is 1. The van der Waals surface area contributed by atoms with E-state index in [1.54, 1.807) is 30.0 Å². The van der Waals surface area contributed by atoms with Crippen molar-refractivity contribution < 1.29 is 9.53 Å². The molecule has 8 nitrogen and oxygen atoms in total. The Morgan fingerprint density at radius 1 is 1.24 bits per heavy atom. The number of nitrogens with zero attached hydrogens (tertiary/aromatic N) is 4. The molecular weight excluding hydrogens is 322 g/mol. The molecule has 0 aliphatic carbocycles. The van der Waals surface area contributed by atoms with Gasteiger partial charge in [0.05, 0.1) is 41.6 Å². The van der Waals surface area contributed by atoms with Crippen LogP contribution in [-0.2, 0) is 4.74 Å². The van der Waals surface area contributed by atoms with Gasteiger partial charge in [0.1, 0.15) is 0 Å². The molecule has 0 unspecified atom stereocenters. The summed E-state index contributed by atoms with van der Waals surface area (Å²) in [5.41, 5.74) is 1.47. The average molecular weight is 339 g/mol. The number of morpholine rings is 1. The summed E-state index contributed by atoms with van der Waals surface area (Å²) in [5.74, 6) is 0.206. The summed E-state index contributed by atoms with van der Waals surface area (Å²) in [6, 6.07) is 7.10. The maximum Gasteiger partial charge on any atom is 0.260 e. The fraction of sp³-hybridized carbons (Fsp3) is 0.294. The van der Waals surface area contributed by atoms with Gasteiger partial charge in [0.2, 0.25) is 5.95 Å². The van der Waals surface area contributed by atoms with Crippen molar-refractivity contribution in [2.45, 2.75) is 6.92 Å². The molecule has 2 aromatic heterocycles. The van der Waals surface area contributed by atoms with E-state index in [0.717, 1.165) is 0 Å². The van der Waals surface area contributed by atoms with Crippen LogP contribution in [0.3, 0.4) is 0 Å². The molecule has 1 aliphatic heterocycles. The largest absolute Gasteiger partial charge is 0.378 e. The molecule has 1 amide bonds. The number of amides is 1. The molecule has 0 bridgehead atoms. The molecule has 0 atom stereocenters. The van der Waals surface area contributed by atoms with E-state index in [9.17, 15) is 9.59 Å². The van der Waals surface area contributed by atoms with Gasteiger partial charge in [-0.05, 0) is 19.1 Å². The van der Waals surface area contributed by atoms with Crippen LogP contribution in [0, 0.1) is 6.92 Å². The standard InChI is InChI=1S/C17H17N5O3/c1-11-13(16(24)21-6-8-25-9-7-21)10-18-22(11)17-19-14-5-3-2-4-12(14)15(23)20-17/h2-5,10H,6-9H2,1H3,(H,19,20,23). The lowest BCUT2D eigenvalue weighted by atomic mass is 10.2. The quantitative estimate of drug-likeness (QED) is 0.748. The lowest BCUT2D eigenvalue weighted by molar-refractivity contribution is 0.0302. The van der Waals surface area contributed by atoms with Crippen molar-refractivity contribution >= 4 is 16.8 Å². The minimum absolute atomic E-state index is 0.0878. The summed E-state index contributed by atoms with van der Waals surface area (Å²) in [6.07, 6.45) is 1.52. The van der Waals surface area contributed by atoms with E-state index in [2.05, 4.69) is 15.1 Å². The summed E-state index contributed by atoms with van der Waals surface area (Å²) >= 11 is 0. The van der Waals surface area contributed by atoms with E-state index < -0.39 is 0 Å². The van der Waals surface area contributed by atoms with Crippen molar-refractivity contribution in [1.29, 1.82) is 0 Å². The lowest BCUT2D eigenvalue weighted by Gasteiger charge is -2.26. The van der Waals surface area contributed by atoms with Gasteiger partial charge in [0.15, 0.2) is 0 Å². The fourth-order valence-electron chi connectivity index (χ4n) is 2.94. The Morgan fingerprint density at radius 3 is 2.80 bits per heavy atom. The lowest BCUT2D eigenvalue weighted by Crippen LogP contribution is -2.40. The topological polar surface area (TPSA) is 93.1 Å². The van der Waals surface area contributed by atoms with Crippen molar-refractivity contribution in [3.63, 3.8) is 0 Å². The molecule has 25 heavy (non-hydrogen) atoms. The number of ether oxygens (including phenoxy) is 1. The van der Waals surface area contributed by atoms with E-state index >= 15 is 0 Å². The van der Waals surface area contributed by atoms with Gasteiger partial charge < -0.3 is 9.64 Å². The Kier molecular flexibility index (Phi) is 3.81. The summed E-state index contributed by atoms with van der Waals surface area (Å²) in [4.78, 5) is 33.8. The molecule has 1 N–H and O–H groups in total. The molecule has 0 radical (unpaired) electrons. The molecule has 0 spiro atoms. The van der Waals surface area contributed by atoms with Crippen LogP contribution in [0.5, 0.6) is 0 Å². The molecular formula is C17H17N5O3. The maximum atomic E-state index is 12.7. The predicted molar refractivity (Wildman–Crippen MR) is 90.9 cm³/mol. The molecule has 3 aromatic rings. The molecule has 8 heteroatoms. The van der Waals surface area contributed by atoms with E-state index in [1.807, 2.05) is 6.07 Å². The van der Waals surface area contributed by atoms with E-state index in [4.69, 9.17) is 4.74 Å². The number of aromatic amines is 1. The first kappa shape index (κ1) is 15.5. The maximum absolute atomic E-state index is 12.7. The van der Waals surface area contributed by atoms with Crippen molar-refractivity contribution in [3.05, 3.63) is 52.1 Å². The minimum atomic E-state index is -0.239. The summed E-state index contributed by atoms with van der Waals surface area (Å²) in [6.45, 7) is 4.00. The van der Waals surface area contributed by atoms with Crippen molar-refractivity contribution in [2.24, 2.45) is 0 Å². The first-order valence-corrected chi connectivity index (χ1v) is 8.06. The zero-order valence-electron chi connectivity index (χ0n) is 13.7. The Morgan fingerprint density at radius 2 is 2.00 bits per heavy atom.